The Kier molecular flexibility index (Phi) is 5.69. The van der Waals surface area contributed by atoms with Gasteiger partial charge in [0.25, 0.3) is 0 Å². The van der Waals surface area contributed by atoms with Crippen LogP contribution in [0.4, 0.5) is 11.6 Å². The van der Waals surface area contributed by atoms with E-state index in [1.165, 1.54) is 0 Å². The Labute approximate surface area is 103 Å². The fourth-order valence-electron chi connectivity index (χ4n) is 1.37. The third-order valence-electron chi connectivity index (χ3n) is 2.26. The van der Waals surface area contributed by atoms with Gasteiger partial charge in [-0.05, 0) is 13.3 Å². The van der Waals surface area contributed by atoms with Crippen molar-refractivity contribution in [3.8, 4) is 0 Å². The van der Waals surface area contributed by atoms with Crippen molar-refractivity contribution in [2.75, 3.05) is 30.8 Å². The van der Waals surface area contributed by atoms with Gasteiger partial charge in [0.05, 0.1) is 0 Å². The van der Waals surface area contributed by atoms with Gasteiger partial charge in [-0.25, -0.2) is 9.97 Å². The number of nitrogens with zero attached hydrogens (tertiary/aromatic N) is 2. The second kappa shape index (κ2) is 7.06. The zero-order chi connectivity index (χ0) is 12.7. The molecule has 0 spiro atoms. The molecule has 0 saturated heterocycles. The molecule has 0 bridgehead atoms. The molecule has 0 atom stereocenters. The first kappa shape index (κ1) is 13.7. The Hall–Kier alpha value is -1.36. The van der Waals surface area contributed by atoms with Gasteiger partial charge in [0.15, 0.2) is 0 Å². The van der Waals surface area contributed by atoms with Crippen LogP contribution in [0.3, 0.4) is 0 Å². The van der Waals surface area contributed by atoms with Gasteiger partial charge in [0.2, 0.25) is 0 Å². The maximum atomic E-state index is 5.73. The van der Waals surface area contributed by atoms with Crippen molar-refractivity contribution >= 4 is 11.6 Å². The fraction of sp³-hybridized carbons (Fsp3) is 0.667. The van der Waals surface area contributed by atoms with Crippen LogP contribution in [0.1, 0.15) is 38.9 Å². The molecule has 0 aliphatic carbocycles. The van der Waals surface area contributed by atoms with E-state index in [4.69, 9.17) is 10.5 Å². The van der Waals surface area contributed by atoms with Gasteiger partial charge in [0.1, 0.15) is 17.5 Å². The minimum Gasteiger partial charge on any atom is -0.384 e. The van der Waals surface area contributed by atoms with Gasteiger partial charge in [-0.2, -0.15) is 0 Å². The minimum absolute atomic E-state index is 0.280. The lowest BCUT2D eigenvalue weighted by Crippen LogP contribution is -2.10. The van der Waals surface area contributed by atoms with E-state index in [0.29, 0.717) is 5.82 Å². The molecule has 1 aromatic rings. The molecule has 0 amide bonds. The predicted molar refractivity (Wildman–Crippen MR) is 70.1 cm³/mol. The van der Waals surface area contributed by atoms with Gasteiger partial charge >= 0.3 is 0 Å². The summed E-state index contributed by atoms with van der Waals surface area (Å²) < 4.78 is 5.26. The van der Waals surface area contributed by atoms with E-state index >= 15 is 0 Å². The molecular formula is C12H22N4O. The zero-order valence-electron chi connectivity index (χ0n) is 10.9. The monoisotopic (exact) mass is 238 g/mol. The molecular weight excluding hydrogens is 216 g/mol. The van der Waals surface area contributed by atoms with Gasteiger partial charge in [0, 0.05) is 31.7 Å². The highest BCUT2D eigenvalue weighted by Crippen LogP contribution is 2.14. The Morgan fingerprint density at radius 2 is 2.18 bits per heavy atom. The lowest BCUT2D eigenvalue weighted by atomic mass is 10.2. The molecule has 0 aromatic carbocycles. The summed E-state index contributed by atoms with van der Waals surface area (Å²) in [5.74, 6) is 2.36. The number of hydrogen-bond acceptors (Lipinski definition) is 5. The predicted octanol–water partition coefficient (Wildman–Crippen LogP) is 2.02. The second-order valence-corrected chi connectivity index (χ2v) is 4.17. The number of hydrogen-bond donors (Lipinski definition) is 2. The molecule has 0 unspecified atom stereocenters. The van der Waals surface area contributed by atoms with Crippen molar-refractivity contribution in [3.63, 3.8) is 0 Å². The van der Waals surface area contributed by atoms with Crippen molar-refractivity contribution in [1.29, 1.82) is 0 Å². The maximum Gasteiger partial charge on any atom is 0.135 e. The number of nitrogen functional groups attached to an aromatic ring is 1. The van der Waals surface area contributed by atoms with Crippen LogP contribution in [0.2, 0.25) is 0 Å². The highest BCUT2D eigenvalue weighted by Gasteiger charge is 2.05. The van der Waals surface area contributed by atoms with Gasteiger partial charge in [-0.15, -0.1) is 0 Å². The van der Waals surface area contributed by atoms with Crippen LogP contribution in [-0.2, 0) is 4.74 Å². The third kappa shape index (κ3) is 4.99. The topological polar surface area (TPSA) is 73.1 Å². The molecule has 0 saturated carbocycles. The molecule has 1 rings (SSSR count). The molecule has 96 valence electrons. The molecule has 0 fully saturated rings. The average Bonchev–Trinajstić information content (AvgIpc) is 2.28. The van der Waals surface area contributed by atoms with E-state index in [0.717, 1.165) is 37.8 Å². The number of ether oxygens (including phenoxy) is 1. The number of nitrogens with one attached hydrogen (secondary N) is 1. The lowest BCUT2D eigenvalue weighted by Gasteiger charge is -2.10. The Morgan fingerprint density at radius 1 is 1.41 bits per heavy atom. The van der Waals surface area contributed by atoms with E-state index in [1.807, 2.05) is 20.8 Å². The van der Waals surface area contributed by atoms with Gasteiger partial charge < -0.3 is 15.8 Å². The van der Waals surface area contributed by atoms with Crippen LogP contribution >= 0.6 is 0 Å². The van der Waals surface area contributed by atoms with Crippen LogP contribution in [0.5, 0.6) is 0 Å². The van der Waals surface area contributed by atoms with E-state index in [-0.39, 0.29) is 5.92 Å². The highest BCUT2D eigenvalue weighted by atomic mass is 16.5. The number of nitrogens with two attached hydrogens (primary N) is 1. The van der Waals surface area contributed by atoms with Crippen LogP contribution in [0, 0.1) is 0 Å². The van der Waals surface area contributed by atoms with Gasteiger partial charge in [-0.3, -0.25) is 0 Å². The molecule has 0 aliphatic heterocycles. The number of anilines is 2. The molecule has 1 heterocycles. The van der Waals surface area contributed by atoms with E-state index < -0.39 is 0 Å². The van der Waals surface area contributed by atoms with Crippen molar-refractivity contribution in [2.45, 2.75) is 33.1 Å². The van der Waals surface area contributed by atoms with E-state index in [9.17, 15) is 0 Å². The van der Waals surface area contributed by atoms with Crippen LogP contribution in [-0.4, -0.2) is 29.7 Å². The molecule has 0 aliphatic rings. The summed E-state index contributed by atoms with van der Waals surface area (Å²) in [5.41, 5.74) is 5.73. The van der Waals surface area contributed by atoms with Crippen molar-refractivity contribution in [1.82, 2.24) is 9.97 Å². The van der Waals surface area contributed by atoms with Crippen LogP contribution < -0.4 is 11.1 Å². The van der Waals surface area contributed by atoms with Crippen molar-refractivity contribution < 1.29 is 4.74 Å². The van der Waals surface area contributed by atoms with Crippen LogP contribution in [0.25, 0.3) is 0 Å². The average molecular weight is 238 g/mol. The molecule has 1 aromatic heterocycles. The molecule has 5 heteroatoms. The summed E-state index contributed by atoms with van der Waals surface area (Å²) in [5, 5.41) is 3.23. The smallest absolute Gasteiger partial charge is 0.135 e. The Morgan fingerprint density at radius 3 is 2.82 bits per heavy atom. The Balaban J connectivity index is 2.47. The molecule has 17 heavy (non-hydrogen) atoms. The summed E-state index contributed by atoms with van der Waals surface area (Å²) in [6, 6.07) is 1.76. The number of rotatable bonds is 7. The standard InChI is InChI=1S/C12H22N4O/c1-4-17-7-5-6-14-11-8-10(13)15-12(16-11)9(2)3/h8-9H,4-7H2,1-3H3,(H3,13,14,15,16). The first-order valence-electron chi connectivity index (χ1n) is 6.09. The largest absolute Gasteiger partial charge is 0.384 e. The summed E-state index contributed by atoms with van der Waals surface area (Å²) in [6.45, 7) is 8.45. The normalized spacial score (nSPS) is 10.8. The van der Waals surface area contributed by atoms with E-state index in [2.05, 4.69) is 15.3 Å². The lowest BCUT2D eigenvalue weighted by molar-refractivity contribution is 0.147. The molecule has 3 N–H and O–H groups in total. The number of aromatic nitrogens is 2. The maximum absolute atomic E-state index is 5.73. The first-order chi connectivity index (χ1) is 8.13. The summed E-state index contributed by atoms with van der Waals surface area (Å²) in [6.07, 6.45) is 0.953. The summed E-state index contributed by atoms with van der Waals surface area (Å²) in [4.78, 5) is 8.60. The first-order valence-corrected chi connectivity index (χ1v) is 6.09. The highest BCUT2D eigenvalue weighted by molar-refractivity contribution is 5.44. The third-order valence-corrected chi connectivity index (χ3v) is 2.26. The minimum atomic E-state index is 0.280. The quantitative estimate of drug-likeness (QED) is 0.711. The zero-order valence-corrected chi connectivity index (χ0v) is 10.9. The fourth-order valence-corrected chi connectivity index (χ4v) is 1.37. The van der Waals surface area contributed by atoms with Crippen LogP contribution in [0.15, 0.2) is 6.07 Å². The van der Waals surface area contributed by atoms with Crippen molar-refractivity contribution in [3.05, 3.63) is 11.9 Å². The van der Waals surface area contributed by atoms with Crippen molar-refractivity contribution in [2.24, 2.45) is 0 Å². The molecule has 0 radical (unpaired) electrons. The Bertz CT molecular complexity index is 341. The molecule has 5 nitrogen and oxygen atoms in total. The summed E-state index contributed by atoms with van der Waals surface area (Å²) in [7, 11) is 0. The van der Waals surface area contributed by atoms with E-state index in [1.54, 1.807) is 6.07 Å². The van der Waals surface area contributed by atoms with Gasteiger partial charge in [-0.1, -0.05) is 13.8 Å². The summed E-state index contributed by atoms with van der Waals surface area (Å²) >= 11 is 0. The second-order valence-electron chi connectivity index (χ2n) is 4.17. The SMILES string of the molecule is CCOCCCNc1cc(N)nc(C(C)C)n1.